The van der Waals surface area contributed by atoms with Crippen molar-refractivity contribution >= 4 is 39.4 Å². The highest BCUT2D eigenvalue weighted by molar-refractivity contribution is 7.92. The van der Waals surface area contributed by atoms with Gasteiger partial charge in [-0.05, 0) is 67.1 Å². The number of carbonyl (C=O) groups excluding carboxylic acids is 5. The van der Waals surface area contributed by atoms with E-state index in [0.717, 1.165) is 32.1 Å². The maximum atomic E-state index is 14.5. The number of carbonyl (C=O) groups is 5. The van der Waals surface area contributed by atoms with E-state index < -0.39 is 80.4 Å². The molecule has 0 bridgehead atoms. The van der Waals surface area contributed by atoms with Gasteiger partial charge in [-0.2, -0.15) is 0 Å². The van der Waals surface area contributed by atoms with Crippen molar-refractivity contribution in [3.63, 3.8) is 0 Å². The normalized spacial score (nSPS) is 29.2. The Morgan fingerprint density at radius 1 is 0.959 bits per heavy atom. The summed E-state index contributed by atoms with van der Waals surface area (Å²) < 4.78 is 38.8. The van der Waals surface area contributed by atoms with Gasteiger partial charge in [0.15, 0.2) is 9.84 Å². The van der Waals surface area contributed by atoms with E-state index in [9.17, 15) is 36.8 Å². The van der Waals surface area contributed by atoms with Crippen molar-refractivity contribution < 1.29 is 36.8 Å². The van der Waals surface area contributed by atoms with Crippen molar-refractivity contribution in [2.75, 3.05) is 25.5 Å². The number of amides is 5. The third kappa shape index (κ3) is 7.93. The summed E-state index contributed by atoms with van der Waals surface area (Å²) in [6, 6.07) is -3.66. The molecule has 49 heavy (non-hydrogen) atoms. The summed E-state index contributed by atoms with van der Waals surface area (Å²) in [6.45, 7) is 8.73. The van der Waals surface area contributed by atoms with Gasteiger partial charge >= 0.3 is 6.03 Å². The SMILES string of the molecule is CC(C)(C)[C@H](NC(=O)NC1([C@@H]2CCCS2(=O)=O)CCCCC1)C(=O)N1C[C@H]2[C@@H]([C@H]1C(=O)N[C@@H](CCC1CC1)C(=O)C(=O)NCCF)C2(C)C. The minimum absolute atomic E-state index is 0.0354. The number of alkyl halides is 1. The maximum absolute atomic E-state index is 14.5. The van der Waals surface area contributed by atoms with Gasteiger partial charge in [0.2, 0.25) is 17.6 Å². The first-order chi connectivity index (χ1) is 22.9. The van der Waals surface area contributed by atoms with Gasteiger partial charge in [0.25, 0.3) is 5.91 Å². The molecule has 0 radical (unpaired) electrons. The molecule has 6 atom stereocenters. The number of hydrogen-bond acceptors (Lipinski definition) is 7. The first-order valence-electron chi connectivity index (χ1n) is 18.2. The average molecular weight is 710 g/mol. The highest BCUT2D eigenvalue weighted by Crippen LogP contribution is 2.65. The molecule has 276 valence electrons. The Hall–Kier alpha value is -2.77. The van der Waals surface area contributed by atoms with Crippen molar-refractivity contribution in [2.45, 2.75) is 134 Å². The first kappa shape index (κ1) is 37.5. The number of likely N-dealkylation sites (tertiary alicyclic amines) is 1. The second-order valence-electron chi connectivity index (χ2n) is 16.9. The summed E-state index contributed by atoms with van der Waals surface area (Å²) in [5.74, 6) is -2.34. The summed E-state index contributed by atoms with van der Waals surface area (Å²) in [6.07, 6.45) is 7.72. The van der Waals surface area contributed by atoms with Gasteiger partial charge in [-0.15, -0.1) is 0 Å². The number of nitrogens with zero attached hydrogens (tertiary/aromatic N) is 1. The van der Waals surface area contributed by atoms with Crippen molar-refractivity contribution in [1.82, 2.24) is 26.2 Å². The Kier molecular flexibility index (Phi) is 10.8. The fourth-order valence-electron chi connectivity index (χ4n) is 8.88. The molecule has 4 N–H and O–H groups in total. The predicted octanol–water partition coefficient (Wildman–Crippen LogP) is 2.79. The highest BCUT2D eigenvalue weighted by atomic mass is 32.2. The predicted molar refractivity (Wildman–Crippen MR) is 182 cm³/mol. The molecule has 0 aromatic heterocycles. The third-order valence-corrected chi connectivity index (χ3v) is 14.4. The lowest BCUT2D eigenvalue weighted by molar-refractivity contribution is -0.145. The van der Waals surface area contributed by atoms with E-state index in [2.05, 4.69) is 21.3 Å². The number of piperidine rings is 1. The van der Waals surface area contributed by atoms with Crippen LogP contribution in [0.3, 0.4) is 0 Å². The number of urea groups is 1. The van der Waals surface area contributed by atoms with E-state index in [1.54, 1.807) is 0 Å². The van der Waals surface area contributed by atoms with E-state index in [-0.39, 0.29) is 36.0 Å². The molecule has 0 unspecified atom stereocenters. The van der Waals surface area contributed by atoms with Crippen molar-refractivity contribution in [2.24, 2.45) is 28.6 Å². The molecule has 2 saturated heterocycles. The van der Waals surface area contributed by atoms with Crippen LogP contribution in [0, 0.1) is 28.6 Å². The molecule has 14 heteroatoms. The quantitative estimate of drug-likeness (QED) is 0.213. The highest BCUT2D eigenvalue weighted by Gasteiger charge is 2.70. The lowest BCUT2D eigenvalue weighted by Gasteiger charge is -2.43. The fraction of sp³-hybridized carbons (Fsp3) is 0.857. The molecule has 0 aromatic rings. The molecular formula is C35H56FN5O7S. The van der Waals surface area contributed by atoms with Crippen LogP contribution in [0.4, 0.5) is 9.18 Å². The van der Waals surface area contributed by atoms with Crippen LogP contribution in [0.15, 0.2) is 0 Å². The van der Waals surface area contributed by atoms with Crippen LogP contribution >= 0.6 is 0 Å². The monoisotopic (exact) mass is 709 g/mol. The minimum Gasteiger partial charge on any atom is -0.347 e. The zero-order valence-corrected chi connectivity index (χ0v) is 30.6. The molecule has 0 spiro atoms. The Morgan fingerprint density at radius 2 is 1.63 bits per heavy atom. The van der Waals surface area contributed by atoms with Gasteiger partial charge in [0.1, 0.15) is 18.8 Å². The van der Waals surface area contributed by atoms with E-state index in [1.165, 1.54) is 4.90 Å². The third-order valence-electron chi connectivity index (χ3n) is 12.0. The van der Waals surface area contributed by atoms with Crippen molar-refractivity contribution in [1.29, 1.82) is 0 Å². The van der Waals surface area contributed by atoms with Gasteiger partial charge in [-0.3, -0.25) is 19.2 Å². The number of rotatable bonds is 13. The second kappa shape index (κ2) is 14.1. The summed E-state index contributed by atoms with van der Waals surface area (Å²) in [5.41, 5.74) is -1.90. The van der Waals surface area contributed by atoms with Crippen LogP contribution in [0.1, 0.15) is 105 Å². The smallest absolute Gasteiger partial charge is 0.315 e. The minimum atomic E-state index is -3.37. The zero-order valence-electron chi connectivity index (χ0n) is 29.7. The van der Waals surface area contributed by atoms with Gasteiger partial charge in [0.05, 0.1) is 22.6 Å². The van der Waals surface area contributed by atoms with Crippen molar-refractivity contribution in [3.8, 4) is 0 Å². The molecular weight excluding hydrogens is 653 g/mol. The molecule has 3 aliphatic carbocycles. The summed E-state index contributed by atoms with van der Waals surface area (Å²) >= 11 is 0. The van der Waals surface area contributed by atoms with Gasteiger partial charge in [0, 0.05) is 13.1 Å². The lowest BCUT2D eigenvalue weighted by atomic mass is 9.78. The Balaban J connectivity index is 1.34. The molecule has 3 saturated carbocycles. The number of sulfone groups is 1. The number of hydrogen-bond donors (Lipinski definition) is 4. The van der Waals surface area contributed by atoms with E-state index in [4.69, 9.17) is 0 Å². The molecule has 5 aliphatic rings. The van der Waals surface area contributed by atoms with E-state index in [1.807, 2.05) is 34.6 Å². The van der Waals surface area contributed by atoms with E-state index >= 15 is 0 Å². The lowest BCUT2D eigenvalue weighted by Crippen LogP contribution is -2.65. The number of nitrogens with one attached hydrogen (secondary N) is 4. The molecule has 5 fully saturated rings. The molecule has 12 nitrogen and oxygen atoms in total. The Labute approximate surface area is 290 Å². The second-order valence-corrected chi connectivity index (χ2v) is 19.2. The van der Waals surface area contributed by atoms with Crippen LogP contribution in [0.25, 0.3) is 0 Å². The largest absolute Gasteiger partial charge is 0.347 e. The van der Waals surface area contributed by atoms with Crippen molar-refractivity contribution in [3.05, 3.63) is 0 Å². The number of ketones is 1. The van der Waals surface area contributed by atoms with Gasteiger partial charge in [-0.25, -0.2) is 17.6 Å². The Bertz CT molecular complexity index is 1420. The van der Waals surface area contributed by atoms with Crippen LogP contribution in [-0.4, -0.2) is 97.3 Å². The summed E-state index contributed by atoms with van der Waals surface area (Å²) in [7, 11) is -3.37. The topological polar surface area (TPSA) is 171 Å². The van der Waals surface area contributed by atoms with Gasteiger partial charge < -0.3 is 26.2 Å². The molecule has 2 aliphatic heterocycles. The Morgan fingerprint density at radius 3 is 2.20 bits per heavy atom. The van der Waals surface area contributed by atoms with Crippen LogP contribution in [0.2, 0.25) is 0 Å². The fourth-order valence-corrected chi connectivity index (χ4v) is 11.2. The van der Waals surface area contributed by atoms with E-state index in [0.29, 0.717) is 44.6 Å². The molecule has 5 amide bonds. The number of fused-ring (bicyclic) bond motifs is 1. The molecule has 2 heterocycles. The number of Topliss-reactive ketones (excluding diaryl/α,β-unsaturated/α-hetero) is 1. The summed E-state index contributed by atoms with van der Waals surface area (Å²) in [4.78, 5) is 69.5. The molecule has 0 aromatic carbocycles. The van der Waals surface area contributed by atoms with Gasteiger partial charge in [-0.1, -0.05) is 66.7 Å². The molecule has 5 rings (SSSR count). The summed E-state index contributed by atoms with van der Waals surface area (Å²) in [5, 5.41) is 10.4. The maximum Gasteiger partial charge on any atom is 0.315 e. The zero-order chi connectivity index (χ0) is 35.9. The van der Waals surface area contributed by atoms with Crippen LogP contribution < -0.4 is 21.3 Å². The van der Waals surface area contributed by atoms with Crippen LogP contribution in [-0.2, 0) is 29.0 Å². The standard InChI is InChI=1S/C35H56FN5O7S/c1-33(2,3)28(39-32(46)40-35(15-7-6-8-16-35)24-10-9-19-49(24,47)48)31(45)41-20-22-25(34(22,4)5)26(41)29(43)38-23(14-13-21-11-12-21)27(42)30(44)37-18-17-36/h21-26,28H,6-20H2,1-5H3,(H,37,44)(H,38,43)(H2,39,40,46)/t22-,23-,24-,25-,26-,28+/m0/s1. The van der Waals surface area contributed by atoms with Crippen LogP contribution in [0.5, 0.6) is 0 Å². The average Bonchev–Trinajstić information content (AvgIpc) is 3.83. The first-order valence-corrected chi connectivity index (χ1v) is 19.9. The number of halogens is 1.